The number of hydrogen-bond acceptors (Lipinski definition) is 6. The molecule has 1 aliphatic heterocycles. The number of aromatic hydroxyl groups is 1. The molecule has 2 aromatic rings. The molecule has 1 saturated heterocycles. The minimum Gasteiger partial charge on any atom is -0.504 e. The van der Waals surface area contributed by atoms with Crippen molar-refractivity contribution in [2.75, 3.05) is 19.0 Å². The number of thioether (sulfide) groups is 1. The zero-order chi connectivity index (χ0) is 22.5. The van der Waals surface area contributed by atoms with Crippen molar-refractivity contribution < 1.29 is 24.2 Å². The van der Waals surface area contributed by atoms with Crippen LogP contribution in [0.15, 0.2) is 54.0 Å². The van der Waals surface area contributed by atoms with E-state index in [2.05, 4.69) is 11.9 Å². The number of phenolic OH excluding ortho intramolecular Hbond substituents is 1. The molecule has 160 valence electrons. The summed E-state index contributed by atoms with van der Waals surface area (Å²) in [6.07, 6.45) is 3.58. The lowest BCUT2D eigenvalue weighted by Gasteiger charge is -2.13. The van der Waals surface area contributed by atoms with Crippen molar-refractivity contribution in [2.45, 2.75) is 13.3 Å². The van der Waals surface area contributed by atoms with Crippen LogP contribution in [-0.4, -0.2) is 40.7 Å². The fourth-order valence-electron chi connectivity index (χ4n) is 3.09. The molecule has 1 aliphatic rings. The van der Waals surface area contributed by atoms with Gasteiger partial charge in [0.15, 0.2) is 11.5 Å². The highest BCUT2D eigenvalue weighted by Crippen LogP contribution is 2.36. The number of benzene rings is 2. The molecule has 1 fully saturated rings. The fraction of sp³-hybridized carbons (Fsp3) is 0.174. The number of ether oxygens (including phenoxy) is 1. The molecule has 0 aromatic heterocycles. The molecule has 0 saturated carbocycles. The molecule has 0 bridgehead atoms. The highest BCUT2D eigenvalue weighted by molar-refractivity contribution is 8.18. The number of rotatable bonds is 7. The van der Waals surface area contributed by atoms with Crippen LogP contribution in [0.3, 0.4) is 0 Å². The van der Waals surface area contributed by atoms with Crippen LogP contribution in [-0.2, 0) is 16.0 Å². The van der Waals surface area contributed by atoms with E-state index in [1.54, 1.807) is 36.4 Å². The number of imide groups is 1. The van der Waals surface area contributed by atoms with E-state index in [1.807, 2.05) is 13.0 Å². The Hall–Kier alpha value is -3.52. The second-order valence-electron chi connectivity index (χ2n) is 6.91. The van der Waals surface area contributed by atoms with Crippen molar-refractivity contribution >= 4 is 40.6 Å². The molecule has 2 N–H and O–H groups in total. The Labute approximate surface area is 184 Å². The minimum atomic E-state index is -0.549. The number of carbonyl (C=O) groups excluding carboxylic acids is 3. The average Bonchev–Trinajstić information content (AvgIpc) is 2.97. The van der Waals surface area contributed by atoms with Crippen molar-refractivity contribution in [2.24, 2.45) is 0 Å². The third kappa shape index (κ3) is 5.16. The van der Waals surface area contributed by atoms with Crippen LogP contribution in [0.5, 0.6) is 11.5 Å². The topological polar surface area (TPSA) is 95.9 Å². The van der Waals surface area contributed by atoms with Gasteiger partial charge >= 0.3 is 0 Å². The first-order valence-corrected chi connectivity index (χ1v) is 10.3. The maximum atomic E-state index is 12.7. The molecule has 3 rings (SSSR count). The summed E-state index contributed by atoms with van der Waals surface area (Å²) in [4.78, 5) is 38.5. The van der Waals surface area contributed by atoms with E-state index in [9.17, 15) is 19.5 Å². The quantitative estimate of drug-likeness (QED) is 0.499. The first-order valence-electron chi connectivity index (χ1n) is 9.45. The number of hydrogen-bond donors (Lipinski definition) is 2. The smallest absolute Gasteiger partial charge is 0.294 e. The van der Waals surface area contributed by atoms with Crippen molar-refractivity contribution in [1.29, 1.82) is 0 Å². The Morgan fingerprint density at radius 3 is 2.74 bits per heavy atom. The molecule has 0 atom stereocenters. The van der Waals surface area contributed by atoms with Crippen molar-refractivity contribution in [3.05, 3.63) is 70.6 Å². The molecule has 2 aromatic carbocycles. The Morgan fingerprint density at radius 2 is 2.06 bits per heavy atom. The zero-order valence-electron chi connectivity index (χ0n) is 17.2. The van der Waals surface area contributed by atoms with Crippen LogP contribution < -0.4 is 10.1 Å². The summed E-state index contributed by atoms with van der Waals surface area (Å²) in [6.45, 7) is 5.19. The maximum Gasteiger partial charge on any atom is 0.294 e. The van der Waals surface area contributed by atoms with Gasteiger partial charge in [0.25, 0.3) is 11.1 Å². The van der Waals surface area contributed by atoms with E-state index in [0.29, 0.717) is 23.2 Å². The second kappa shape index (κ2) is 9.53. The SMILES string of the molecule is C=CCc1cc(/C=C2\SC(=O)N(CC(=O)Nc3cccc(C)c3)C2=O)cc(OC)c1O. The minimum absolute atomic E-state index is 0.000439. The van der Waals surface area contributed by atoms with E-state index >= 15 is 0 Å². The third-order valence-corrected chi connectivity index (χ3v) is 5.44. The van der Waals surface area contributed by atoms with Gasteiger partial charge in [0, 0.05) is 11.3 Å². The van der Waals surface area contributed by atoms with E-state index in [-0.39, 0.29) is 22.9 Å². The monoisotopic (exact) mass is 438 g/mol. The summed E-state index contributed by atoms with van der Waals surface area (Å²) in [5, 5.41) is 12.4. The second-order valence-corrected chi connectivity index (χ2v) is 7.90. The van der Waals surface area contributed by atoms with Gasteiger partial charge in [0.05, 0.1) is 12.0 Å². The predicted molar refractivity (Wildman–Crippen MR) is 121 cm³/mol. The Balaban J connectivity index is 1.78. The van der Waals surface area contributed by atoms with Gasteiger partial charge < -0.3 is 15.2 Å². The summed E-state index contributed by atoms with van der Waals surface area (Å²) in [5.41, 5.74) is 2.74. The molecule has 0 unspecified atom stereocenters. The lowest BCUT2D eigenvalue weighted by Crippen LogP contribution is -2.36. The summed E-state index contributed by atoms with van der Waals surface area (Å²) >= 11 is 0.759. The zero-order valence-corrected chi connectivity index (χ0v) is 18.0. The van der Waals surface area contributed by atoms with Gasteiger partial charge in [-0.1, -0.05) is 18.2 Å². The summed E-state index contributed by atoms with van der Waals surface area (Å²) in [5.74, 6) is -0.761. The molecule has 31 heavy (non-hydrogen) atoms. The van der Waals surface area contributed by atoms with Gasteiger partial charge in [-0.25, -0.2) is 0 Å². The average molecular weight is 439 g/mol. The van der Waals surface area contributed by atoms with E-state index in [4.69, 9.17) is 4.74 Å². The Morgan fingerprint density at radius 1 is 1.29 bits per heavy atom. The number of allylic oxidation sites excluding steroid dienone is 1. The number of aryl methyl sites for hydroxylation is 1. The number of methoxy groups -OCH3 is 1. The number of amides is 3. The van der Waals surface area contributed by atoms with E-state index in [1.165, 1.54) is 13.2 Å². The summed E-state index contributed by atoms with van der Waals surface area (Å²) in [6, 6.07) is 10.5. The van der Waals surface area contributed by atoms with Gasteiger partial charge in [-0.05, 0) is 66.6 Å². The van der Waals surface area contributed by atoms with Gasteiger partial charge in [-0.2, -0.15) is 0 Å². The third-order valence-electron chi connectivity index (χ3n) is 4.54. The number of anilines is 1. The Kier molecular flexibility index (Phi) is 6.81. The van der Waals surface area contributed by atoms with Crippen LogP contribution in [0.2, 0.25) is 0 Å². The number of carbonyl (C=O) groups is 3. The molecule has 3 amide bonds. The summed E-state index contributed by atoms with van der Waals surface area (Å²) < 4.78 is 5.19. The van der Waals surface area contributed by atoms with E-state index < -0.39 is 17.1 Å². The maximum absolute atomic E-state index is 12.7. The molecule has 7 nitrogen and oxygen atoms in total. The molecule has 8 heteroatoms. The Bertz CT molecular complexity index is 1090. The van der Waals surface area contributed by atoms with Crippen LogP contribution in [0, 0.1) is 6.92 Å². The van der Waals surface area contributed by atoms with Crippen molar-refractivity contribution in [3.8, 4) is 11.5 Å². The lowest BCUT2D eigenvalue weighted by atomic mass is 10.1. The first-order chi connectivity index (χ1) is 14.8. The van der Waals surface area contributed by atoms with Crippen LogP contribution in [0.4, 0.5) is 10.5 Å². The highest BCUT2D eigenvalue weighted by Gasteiger charge is 2.36. The first kappa shape index (κ1) is 22.2. The molecule has 0 spiro atoms. The van der Waals surface area contributed by atoms with Crippen LogP contribution in [0.25, 0.3) is 6.08 Å². The number of nitrogens with one attached hydrogen (secondary N) is 1. The number of phenols is 1. The molecular formula is C23H22N2O5S. The number of nitrogens with zero attached hydrogens (tertiary/aromatic N) is 1. The fourth-order valence-corrected chi connectivity index (χ4v) is 3.93. The lowest BCUT2D eigenvalue weighted by molar-refractivity contribution is -0.127. The van der Waals surface area contributed by atoms with Crippen molar-refractivity contribution in [1.82, 2.24) is 4.90 Å². The van der Waals surface area contributed by atoms with Crippen LogP contribution >= 0.6 is 11.8 Å². The molecule has 0 radical (unpaired) electrons. The summed E-state index contributed by atoms with van der Waals surface area (Å²) in [7, 11) is 1.43. The molecule has 1 heterocycles. The van der Waals surface area contributed by atoms with Gasteiger partial charge in [-0.3, -0.25) is 19.3 Å². The van der Waals surface area contributed by atoms with Crippen molar-refractivity contribution in [3.63, 3.8) is 0 Å². The van der Waals surface area contributed by atoms with Gasteiger partial charge in [0.1, 0.15) is 6.54 Å². The molecular weight excluding hydrogens is 416 g/mol. The molecule has 0 aliphatic carbocycles. The standard InChI is InChI=1S/C23H22N2O5S/c1-4-6-16-10-15(11-18(30-3)21(16)27)12-19-22(28)25(23(29)31-19)13-20(26)24-17-8-5-7-14(2)9-17/h4-5,7-12,27H,1,6,13H2,2-3H3,(H,24,26)/b19-12-. The van der Waals surface area contributed by atoms with Crippen LogP contribution in [0.1, 0.15) is 16.7 Å². The largest absolute Gasteiger partial charge is 0.504 e. The van der Waals surface area contributed by atoms with Gasteiger partial charge in [0.2, 0.25) is 5.91 Å². The highest BCUT2D eigenvalue weighted by atomic mass is 32.2. The van der Waals surface area contributed by atoms with Gasteiger partial charge in [-0.15, -0.1) is 6.58 Å². The normalized spacial score (nSPS) is 14.8. The predicted octanol–water partition coefficient (Wildman–Crippen LogP) is 4.11. The van der Waals surface area contributed by atoms with E-state index in [0.717, 1.165) is 22.2 Å².